The number of aliphatic hydroxyl groups is 1. The molecule has 2 nitrogen and oxygen atoms in total. The lowest BCUT2D eigenvalue weighted by molar-refractivity contribution is 0.223. The third-order valence-corrected chi connectivity index (χ3v) is 3.00. The molecule has 1 aliphatic carbocycles. The van der Waals surface area contributed by atoms with Crippen LogP contribution in [-0.2, 0) is 0 Å². The first-order valence-electron chi connectivity index (χ1n) is 4.08. The van der Waals surface area contributed by atoms with Gasteiger partial charge in [-0.3, -0.25) is 0 Å². The molecule has 3 heteroatoms. The highest BCUT2D eigenvalue weighted by Gasteiger charge is 2.15. The van der Waals surface area contributed by atoms with Crippen molar-refractivity contribution in [2.45, 2.75) is 25.9 Å². The summed E-state index contributed by atoms with van der Waals surface area (Å²) in [4.78, 5) is 1.21. The van der Waals surface area contributed by atoms with E-state index >= 15 is 0 Å². The van der Waals surface area contributed by atoms with Crippen LogP contribution in [0.25, 0.3) is 5.57 Å². The van der Waals surface area contributed by atoms with Crippen LogP contribution in [0.4, 0.5) is 0 Å². The van der Waals surface area contributed by atoms with E-state index in [0.29, 0.717) is 0 Å². The van der Waals surface area contributed by atoms with Crippen LogP contribution in [0.2, 0.25) is 0 Å². The Hall–Kier alpha value is -0.670. The van der Waals surface area contributed by atoms with Crippen LogP contribution in [0.15, 0.2) is 12.1 Å². The number of aryl methyl sites for hydroxylation is 1. The Balaban J connectivity index is 2.26. The average molecular weight is 181 g/mol. The molecule has 0 radical (unpaired) electrons. The zero-order chi connectivity index (χ0) is 8.55. The number of rotatable bonds is 1. The van der Waals surface area contributed by atoms with Crippen molar-refractivity contribution in [2.24, 2.45) is 0 Å². The monoisotopic (exact) mass is 181 g/mol. The van der Waals surface area contributed by atoms with Gasteiger partial charge in [0.05, 0.1) is 16.7 Å². The van der Waals surface area contributed by atoms with Crippen molar-refractivity contribution < 1.29 is 5.11 Å². The van der Waals surface area contributed by atoms with Gasteiger partial charge in [0, 0.05) is 0 Å². The molecule has 0 fully saturated rings. The Kier molecular flexibility index (Phi) is 1.98. The minimum absolute atomic E-state index is 0.234. The van der Waals surface area contributed by atoms with Crippen molar-refractivity contribution in [1.82, 2.24) is 4.37 Å². The van der Waals surface area contributed by atoms with Crippen LogP contribution in [0, 0.1) is 6.92 Å². The summed E-state index contributed by atoms with van der Waals surface area (Å²) in [6, 6.07) is 2.08. The van der Waals surface area contributed by atoms with E-state index in [1.54, 1.807) is 0 Å². The van der Waals surface area contributed by atoms with Gasteiger partial charge in [0.15, 0.2) is 0 Å². The smallest absolute Gasteiger partial charge is 0.0730 e. The summed E-state index contributed by atoms with van der Waals surface area (Å²) >= 11 is 1.52. The Morgan fingerprint density at radius 3 is 3.00 bits per heavy atom. The highest BCUT2D eigenvalue weighted by atomic mass is 32.1. The zero-order valence-corrected chi connectivity index (χ0v) is 7.77. The van der Waals surface area contributed by atoms with E-state index in [4.69, 9.17) is 0 Å². The topological polar surface area (TPSA) is 33.1 Å². The predicted molar refractivity (Wildman–Crippen MR) is 50.1 cm³/mol. The lowest BCUT2D eigenvalue weighted by Gasteiger charge is -1.91. The van der Waals surface area contributed by atoms with Crippen LogP contribution in [-0.4, -0.2) is 15.6 Å². The van der Waals surface area contributed by atoms with Crippen LogP contribution >= 0.6 is 11.5 Å². The van der Waals surface area contributed by atoms with Gasteiger partial charge in [0.25, 0.3) is 0 Å². The van der Waals surface area contributed by atoms with Crippen LogP contribution in [0.1, 0.15) is 23.4 Å². The van der Waals surface area contributed by atoms with E-state index in [-0.39, 0.29) is 6.10 Å². The van der Waals surface area contributed by atoms with Gasteiger partial charge in [-0.25, -0.2) is 0 Å². The molecule has 1 aromatic heterocycles. The largest absolute Gasteiger partial charge is 0.389 e. The molecule has 12 heavy (non-hydrogen) atoms. The molecule has 64 valence electrons. The molecule has 1 aromatic rings. The van der Waals surface area contributed by atoms with Crippen molar-refractivity contribution in [3.63, 3.8) is 0 Å². The number of aromatic nitrogens is 1. The minimum Gasteiger partial charge on any atom is -0.389 e. The standard InChI is InChI=1S/C9H11NOS/c1-6-4-9(12-10-6)7-2-3-8(11)5-7/h4-5,8,11H,2-3H2,1H3. The lowest BCUT2D eigenvalue weighted by atomic mass is 10.2. The molecule has 1 N–H and O–H groups in total. The molecule has 0 saturated carbocycles. The zero-order valence-electron chi connectivity index (χ0n) is 6.95. The number of hydrogen-bond acceptors (Lipinski definition) is 3. The highest BCUT2D eigenvalue weighted by molar-refractivity contribution is 7.07. The molecule has 0 amide bonds. The second-order valence-electron chi connectivity index (χ2n) is 3.13. The first-order chi connectivity index (χ1) is 5.75. The summed E-state index contributed by atoms with van der Waals surface area (Å²) in [5.41, 5.74) is 2.32. The Morgan fingerprint density at radius 1 is 1.67 bits per heavy atom. The van der Waals surface area contributed by atoms with Crippen molar-refractivity contribution in [1.29, 1.82) is 0 Å². The van der Waals surface area contributed by atoms with Gasteiger partial charge in [-0.15, -0.1) is 0 Å². The van der Waals surface area contributed by atoms with Gasteiger partial charge in [0.2, 0.25) is 0 Å². The minimum atomic E-state index is -0.234. The predicted octanol–water partition coefficient (Wildman–Crippen LogP) is 1.99. The van der Waals surface area contributed by atoms with Gasteiger partial charge < -0.3 is 5.11 Å². The third-order valence-electron chi connectivity index (χ3n) is 2.05. The Morgan fingerprint density at radius 2 is 2.50 bits per heavy atom. The quantitative estimate of drug-likeness (QED) is 0.718. The van der Waals surface area contributed by atoms with Gasteiger partial charge >= 0.3 is 0 Å². The second-order valence-corrected chi connectivity index (χ2v) is 3.94. The molecule has 0 aromatic carbocycles. The van der Waals surface area contributed by atoms with Gasteiger partial charge in [-0.05, 0) is 42.9 Å². The van der Waals surface area contributed by atoms with Crippen LogP contribution in [0.3, 0.4) is 0 Å². The van der Waals surface area contributed by atoms with Crippen LogP contribution in [0.5, 0.6) is 0 Å². The van der Waals surface area contributed by atoms with Crippen molar-refractivity contribution in [3.05, 3.63) is 22.7 Å². The van der Waals surface area contributed by atoms with E-state index in [1.165, 1.54) is 22.0 Å². The van der Waals surface area contributed by atoms with Gasteiger partial charge in [-0.1, -0.05) is 6.08 Å². The summed E-state index contributed by atoms with van der Waals surface area (Å²) in [5.74, 6) is 0. The summed E-state index contributed by atoms with van der Waals surface area (Å²) in [5, 5.41) is 9.28. The first kappa shape index (κ1) is 7.95. The molecular formula is C9H11NOS. The molecule has 1 heterocycles. The Bertz CT molecular complexity index is 316. The van der Waals surface area contributed by atoms with E-state index in [1.807, 2.05) is 13.0 Å². The Labute approximate surface area is 75.7 Å². The number of nitrogens with zero attached hydrogens (tertiary/aromatic N) is 1. The normalized spacial score (nSPS) is 22.8. The molecule has 1 unspecified atom stereocenters. The molecule has 1 aliphatic rings. The fourth-order valence-corrected chi connectivity index (χ4v) is 2.23. The van der Waals surface area contributed by atoms with Crippen molar-refractivity contribution >= 4 is 17.1 Å². The summed E-state index contributed by atoms with van der Waals surface area (Å²) in [6.07, 6.45) is 3.56. The highest BCUT2D eigenvalue weighted by Crippen LogP contribution is 2.30. The SMILES string of the molecule is Cc1cc(C2=CC(O)CC2)sn1. The molecule has 0 aliphatic heterocycles. The van der Waals surface area contributed by atoms with Crippen molar-refractivity contribution in [3.8, 4) is 0 Å². The van der Waals surface area contributed by atoms with Crippen LogP contribution < -0.4 is 0 Å². The maximum absolute atomic E-state index is 9.28. The molecule has 0 saturated heterocycles. The van der Waals surface area contributed by atoms with E-state index in [2.05, 4.69) is 10.4 Å². The average Bonchev–Trinajstić information content (AvgIpc) is 2.58. The fourth-order valence-electron chi connectivity index (χ4n) is 1.42. The molecule has 0 bridgehead atoms. The second kappa shape index (κ2) is 2.99. The lowest BCUT2D eigenvalue weighted by Crippen LogP contribution is -1.93. The van der Waals surface area contributed by atoms with E-state index in [9.17, 15) is 5.11 Å². The molecular weight excluding hydrogens is 170 g/mol. The van der Waals surface area contributed by atoms with Gasteiger partial charge in [0.1, 0.15) is 0 Å². The van der Waals surface area contributed by atoms with Crippen molar-refractivity contribution in [2.75, 3.05) is 0 Å². The maximum Gasteiger partial charge on any atom is 0.0730 e. The molecule has 2 rings (SSSR count). The summed E-state index contributed by atoms with van der Waals surface area (Å²) in [6.45, 7) is 1.99. The number of hydrogen-bond donors (Lipinski definition) is 1. The van der Waals surface area contributed by atoms with E-state index < -0.39 is 0 Å². The number of allylic oxidation sites excluding steroid dienone is 1. The fraction of sp³-hybridized carbons (Fsp3) is 0.444. The molecule has 1 atom stereocenters. The summed E-state index contributed by atoms with van der Waals surface area (Å²) < 4.78 is 4.21. The first-order valence-corrected chi connectivity index (χ1v) is 4.85. The summed E-state index contributed by atoms with van der Waals surface area (Å²) in [7, 11) is 0. The van der Waals surface area contributed by atoms with Gasteiger partial charge in [-0.2, -0.15) is 4.37 Å². The van der Waals surface area contributed by atoms with E-state index in [0.717, 1.165) is 18.5 Å². The number of aliphatic hydroxyl groups excluding tert-OH is 1. The third kappa shape index (κ3) is 1.42. The maximum atomic E-state index is 9.28. The molecule has 0 spiro atoms.